The molecule has 3 nitrogen and oxygen atoms in total. The van der Waals surface area contributed by atoms with Gasteiger partial charge in [-0.2, -0.15) is 0 Å². The quantitative estimate of drug-likeness (QED) is 0.695. The number of carbonyl (C=O) groups excluding carboxylic acids is 1. The maximum Gasteiger partial charge on any atom is 0.514 e. The standard InChI is InChI=1S/C12H12O3/c1-8(10-6-4-3-5-7-10)11-9(2)14-12(13)15-11/h3-8,11H,2H2,1H3/t8-,11+/m1/s1. The first-order chi connectivity index (χ1) is 7.18. The van der Waals surface area contributed by atoms with E-state index >= 15 is 0 Å². The first-order valence-corrected chi connectivity index (χ1v) is 4.80. The molecule has 0 bridgehead atoms. The summed E-state index contributed by atoms with van der Waals surface area (Å²) < 4.78 is 9.79. The molecule has 1 fully saturated rings. The Balaban J connectivity index is 2.18. The molecule has 1 aromatic rings. The number of benzene rings is 1. The molecule has 1 aromatic carbocycles. The van der Waals surface area contributed by atoms with Gasteiger partial charge < -0.3 is 9.47 Å². The Morgan fingerprint density at radius 2 is 2.00 bits per heavy atom. The molecule has 0 aliphatic carbocycles. The van der Waals surface area contributed by atoms with Crippen molar-refractivity contribution in [3.05, 3.63) is 48.2 Å². The Labute approximate surface area is 88.3 Å². The van der Waals surface area contributed by atoms with Crippen LogP contribution in [0.3, 0.4) is 0 Å². The summed E-state index contributed by atoms with van der Waals surface area (Å²) in [7, 11) is 0. The van der Waals surface area contributed by atoms with E-state index in [4.69, 9.17) is 9.47 Å². The van der Waals surface area contributed by atoms with Crippen molar-refractivity contribution >= 4 is 6.16 Å². The average Bonchev–Trinajstić information content (AvgIpc) is 2.58. The third kappa shape index (κ3) is 1.86. The summed E-state index contributed by atoms with van der Waals surface area (Å²) in [4.78, 5) is 10.9. The van der Waals surface area contributed by atoms with Crippen molar-refractivity contribution in [2.75, 3.05) is 0 Å². The van der Waals surface area contributed by atoms with Crippen molar-refractivity contribution in [3.63, 3.8) is 0 Å². The Hall–Kier alpha value is -1.77. The van der Waals surface area contributed by atoms with E-state index in [1.807, 2.05) is 37.3 Å². The SMILES string of the molecule is C=C1OC(=O)O[C@H]1[C@H](C)c1ccccc1. The van der Waals surface area contributed by atoms with Gasteiger partial charge in [-0.05, 0) is 5.56 Å². The number of hydrogen-bond donors (Lipinski definition) is 0. The predicted molar refractivity (Wildman–Crippen MR) is 55.4 cm³/mol. The predicted octanol–water partition coefficient (Wildman–Crippen LogP) is 2.84. The minimum absolute atomic E-state index is 0.0603. The Kier molecular flexibility index (Phi) is 2.46. The number of carbonyl (C=O) groups is 1. The van der Waals surface area contributed by atoms with Crippen LogP contribution in [0.1, 0.15) is 18.4 Å². The molecule has 1 heterocycles. The van der Waals surface area contributed by atoms with E-state index in [2.05, 4.69) is 6.58 Å². The van der Waals surface area contributed by atoms with E-state index in [9.17, 15) is 4.79 Å². The third-order valence-corrected chi connectivity index (χ3v) is 2.53. The van der Waals surface area contributed by atoms with Crippen LogP contribution in [0.25, 0.3) is 0 Å². The summed E-state index contributed by atoms with van der Waals surface area (Å²) in [5.74, 6) is 0.446. The lowest BCUT2D eigenvalue weighted by Crippen LogP contribution is -2.16. The van der Waals surface area contributed by atoms with Gasteiger partial charge in [0.1, 0.15) is 5.76 Å². The zero-order valence-electron chi connectivity index (χ0n) is 8.47. The van der Waals surface area contributed by atoms with Crippen LogP contribution in [0.2, 0.25) is 0 Å². The largest absolute Gasteiger partial charge is 0.514 e. The molecule has 0 radical (unpaired) electrons. The first kappa shape index (κ1) is 9.77. The van der Waals surface area contributed by atoms with E-state index < -0.39 is 6.16 Å². The van der Waals surface area contributed by atoms with Gasteiger partial charge in [0.05, 0.1) is 0 Å². The molecular weight excluding hydrogens is 192 g/mol. The Bertz CT molecular complexity index is 383. The van der Waals surface area contributed by atoms with Crippen LogP contribution in [0.4, 0.5) is 4.79 Å². The van der Waals surface area contributed by atoms with Crippen LogP contribution in [0.5, 0.6) is 0 Å². The monoisotopic (exact) mass is 204 g/mol. The molecular formula is C12H12O3. The van der Waals surface area contributed by atoms with Gasteiger partial charge in [-0.3, -0.25) is 0 Å². The van der Waals surface area contributed by atoms with Crippen LogP contribution < -0.4 is 0 Å². The van der Waals surface area contributed by atoms with Crippen LogP contribution in [-0.4, -0.2) is 12.3 Å². The second-order valence-corrected chi connectivity index (χ2v) is 3.56. The molecule has 0 spiro atoms. The van der Waals surface area contributed by atoms with Crippen LogP contribution in [-0.2, 0) is 9.47 Å². The highest BCUT2D eigenvalue weighted by molar-refractivity contribution is 5.65. The maximum absolute atomic E-state index is 10.9. The van der Waals surface area contributed by atoms with Crippen molar-refractivity contribution < 1.29 is 14.3 Å². The first-order valence-electron chi connectivity index (χ1n) is 4.80. The third-order valence-electron chi connectivity index (χ3n) is 2.53. The van der Waals surface area contributed by atoms with Gasteiger partial charge in [-0.15, -0.1) is 0 Å². The van der Waals surface area contributed by atoms with E-state index in [1.165, 1.54) is 0 Å². The normalized spacial score (nSPS) is 22.1. The fourth-order valence-corrected chi connectivity index (χ4v) is 1.67. The highest BCUT2D eigenvalue weighted by atomic mass is 16.8. The molecule has 1 saturated heterocycles. The van der Waals surface area contributed by atoms with Gasteiger partial charge in [0, 0.05) is 5.92 Å². The molecule has 0 N–H and O–H groups in total. The number of rotatable bonds is 2. The molecule has 3 heteroatoms. The molecule has 2 atom stereocenters. The fourth-order valence-electron chi connectivity index (χ4n) is 1.67. The minimum Gasteiger partial charge on any atom is -0.422 e. The Morgan fingerprint density at radius 3 is 2.53 bits per heavy atom. The fraction of sp³-hybridized carbons (Fsp3) is 0.250. The Morgan fingerprint density at radius 1 is 1.33 bits per heavy atom. The van der Waals surface area contributed by atoms with Gasteiger partial charge in [0.15, 0.2) is 6.10 Å². The van der Waals surface area contributed by atoms with E-state index in [0.29, 0.717) is 5.76 Å². The van der Waals surface area contributed by atoms with Crippen molar-refractivity contribution in [3.8, 4) is 0 Å². The molecule has 0 saturated carbocycles. The van der Waals surface area contributed by atoms with E-state index in [-0.39, 0.29) is 12.0 Å². The summed E-state index contributed by atoms with van der Waals surface area (Å²) in [5.41, 5.74) is 1.10. The lowest BCUT2D eigenvalue weighted by atomic mass is 9.95. The maximum atomic E-state index is 10.9. The smallest absolute Gasteiger partial charge is 0.422 e. The highest BCUT2D eigenvalue weighted by Gasteiger charge is 2.34. The van der Waals surface area contributed by atoms with Crippen molar-refractivity contribution in [1.29, 1.82) is 0 Å². The van der Waals surface area contributed by atoms with Crippen molar-refractivity contribution in [1.82, 2.24) is 0 Å². The van der Waals surface area contributed by atoms with Crippen molar-refractivity contribution in [2.45, 2.75) is 18.9 Å². The van der Waals surface area contributed by atoms with Gasteiger partial charge >= 0.3 is 6.16 Å². The van der Waals surface area contributed by atoms with Gasteiger partial charge in [0.2, 0.25) is 0 Å². The molecule has 1 aliphatic heterocycles. The van der Waals surface area contributed by atoms with Crippen LogP contribution in [0.15, 0.2) is 42.7 Å². The lowest BCUT2D eigenvalue weighted by molar-refractivity contribution is 0.112. The molecule has 2 rings (SSSR count). The van der Waals surface area contributed by atoms with Gasteiger partial charge in [-0.1, -0.05) is 43.8 Å². The summed E-state index contributed by atoms with van der Waals surface area (Å²) in [6.07, 6.45) is -1.03. The van der Waals surface area contributed by atoms with Gasteiger partial charge in [0.25, 0.3) is 0 Å². The highest BCUT2D eigenvalue weighted by Crippen LogP contribution is 2.30. The minimum atomic E-state index is -0.659. The average molecular weight is 204 g/mol. The van der Waals surface area contributed by atoms with Crippen LogP contribution in [0, 0.1) is 0 Å². The molecule has 1 aliphatic rings. The van der Waals surface area contributed by atoms with Crippen molar-refractivity contribution in [2.24, 2.45) is 0 Å². The summed E-state index contributed by atoms with van der Waals surface area (Å²) in [5, 5.41) is 0. The summed E-state index contributed by atoms with van der Waals surface area (Å²) in [6.45, 7) is 5.64. The number of cyclic esters (lactones) is 2. The topological polar surface area (TPSA) is 35.5 Å². The van der Waals surface area contributed by atoms with E-state index in [0.717, 1.165) is 5.56 Å². The summed E-state index contributed by atoms with van der Waals surface area (Å²) in [6, 6.07) is 9.83. The number of ether oxygens (including phenoxy) is 2. The molecule has 15 heavy (non-hydrogen) atoms. The second kappa shape index (κ2) is 3.77. The zero-order chi connectivity index (χ0) is 10.8. The molecule has 0 unspecified atom stereocenters. The van der Waals surface area contributed by atoms with Crippen LogP contribution >= 0.6 is 0 Å². The zero-order valence-corrected chi connectivity index (χ0v) is 8.47. The molecule has 0 amide bonds. The molecule has 78 valence electrons. The number of hydrogen-bond acceptors (Lipinski definition) is 3. The van der Waals surface area contributed by atoms with E-state index in [1.54, 1.807) is 0 Å². The lowest BCUT2D eigenvalue weighted by Gasteiger charge is -2.16. The second-order valence-electron chi connectivity index (χ2n) is 3.56. The molecule has 0 aromatic heterocycles. The van der Waals surface area contributed by atoms with Gasteiger partial charge in [-0.25, -0.2) is 4.79 Å². The summed E-state index contributed by atoms with van der Waals surface area (Å²) >= 11 is 0.